The number of carbonyl (C=O) groups excluding carboxylic acids is 1. The summed E-state index contributed by atoms with van der Waals surface area (Å²) < 4.78 is 4.78. The average molecular weight is 193 g/mol. The van der Waals surface area contributed by atoms with E-state index in [2.05, 4.69) is 6.92 Å². The van der Waals surface area contributed by atoms with Crippen LogP contribution in [0.25, 0.3) is 0 Å². The quantitative estimate of drug-likeness (QED) is 0.506. The predicted molar refractivity (Wildman–Crippen MR) is 51.6 cm³/mol. The van der Waals surface area contributed by atoms with Crippen LogP contribution in [0.2, 0.25) is 0 Å². The molecule has 0 aromatic heterocycles. The van der Waals surface area contributed by atoms with Gasteiger partial charge in [0.25, 0.3) is 0 Å². The van der Waals surface area contributed by atoms with Crippen molar-refractivity contribution in [2.45, 2.75) is 25.5 Å². The van der Waals surface area contributed by atoms with Crippen LogP contribution in [0.4, 0.5) is 4.79 Å². The molecule has 0 aliphatic rings. The van der Waals surface area contributed by atoms with Gasteiger partial charge in [0.15, 0.2) is 0 Å². The summed E-state index contributed by atoms with van der Waals surface area (Å²) in [6, 6.07) is 0. The van der Waals surface area contributed by atoms with E-state index in [9.17, 15) is 4.79 Å². The van der Waals surface area contributed by atoms with Gasteiger partial charge in [-0.2, -0.15) is 0 Å². The summed E-state index contributed by atoms with van der Waals surface area (Å²) in [5, 5.41) is 0.236. The molecular weight excluding hydrogens is 180 g/mol. The van der Waals surface area contributed by atoms with Gasteiger partial charge in [-0.05, 0) is 13.3 Å². The molecule has 2 nitrogen and oxygen atoms in total. The minimum absolute atomic E-state index is 0.215. The van der Waals surface area contributed by atoms with E-state index in [1.54, 1.807) is 0 Å². The second-order valence-corrected chi connectivity index (χ2v) is 4.89. The Labute approximate surface area is 75.9 Å². The van der Waals surface area contributed by atoms with Gasteiger partial charge in [-0.3, -0.25) is 0 Å². The Bertz CT molecular complexity index is 115. The third kappa shape index (κ3) is 8.07. The van der Waals surface area contributed by atoms with Crippen LogP contribution in [0.3, 0.4) is 0 Å². The highest BCUT2D eigenvalue weighted by atomic mass is 33.1. The van der Waals surface area contributed by atoms with Crippen molar-refractivity contribution in [3.8, 4) is 0 Å². The van der Waals surface area contributed by atoms with E-state index in [0.29, 0.717) is 18.3 Å². The zero-order chi connectivity index (χ0) is 8.69. The van der Waals surface area contributed by atoms with Gasteiger partial charge in [-0.25, -0.2) is 4.79 Å². The Kier molecular flexibility index (Phi) is 6.96. The minimum atomic E-state index is -0.215. The molecule has 4 heteroatoms. The van der Waals surface area contributed by atoms with E-state index in [1.165, 1.54) is 10.8 Å². The van der Waals surface area contributed by atoms with E-state index in [-0.39, 0.29) is 5.30 Å². The monoisotopic (exact) mass is 193 g/mol. The Morgan fingerprint density at radius 1 is 1.64 bits per heavy atom. The topological polar surface area (TPSA) is 26.3 Å². The van der Waals surface area contributed by atoms with Crippen molar-refractivity contribution >= 4 is 26.9 Å². The minimum Gasteiger partial charge on any atom is -0.457 e. The first-order valence-corrected chi connectivity index (χ1v) is 5.67. The highest BCUT2D eigenvalue weighted by Gasteiger charge is 2.04. The first kappa shape index (κ1) is 11.2. The Morgan fingerprint density at radius 3 is 2.73 bits per heavy atom. The number of ether oxygens (including phenoxy) is 1. The van der Waals surface area contributed by atoms with E-state index < -0.39 is 0 Å². The van der Waals surface area contributed by atoms with Gasteiger partial charge >= 0.3 is 5.30 Å². The Balaban J connectivity index is 3.23. The molecule has 0 N–H and O–H groups in total. The van der Waals surface area contributed by atoms with E-state index in [1.807, 2.05) is 13.8 Å². The summed E-state index contributed by atoms with van der Waals surface area (Å²) in [7, 11) is 2.66. The summed E-state index contributed by atoms with van der Waals surface area (Å²) in [6.07, 6.45) is 0.638. The first-order chi connectivity index (χ1) is 5.16. The van der Waals surface area contributed by atoms with Crippen molar-refractivity contribution in [1.29, 1.82) is 0 Å². The van der Waals surface area contributed by atoms with Crippen LogP contribution in [-0.4, -0.2) is 17.2 Å². The Morgan fingerprint density at radius 2 is 2.27 bits per heavy atom. The van der Waals surface area contributed by atoms with Gasteiger partial charge in [0.1, 0.15) is 0 Å². The van der Waals surface area contributed by atoms with Gasteiger partial charge in [0, 0.05) is 16.0 Å². The number of hydrogen-bond donors (Lipinski definition) is 0. The molecule has 0 fully saturated rings. The third-order valence-electron chi connectivity index (χ3n) is 0.673. The lowest BCUT2D eigenvalue weighted by atomic mass is 10.5. The fourth-order valence-corrected chi connectivity index (χ4v) is 1.67. The van der Waals surface area contributed by atoms with Gasteiger partial charge in [0.2, 0.25) is 0 Å². The molecule has 0 bridgehead atoms. The Hall–Kier alpha value is 0.170. The predicted octanol–water partition coefficient (Wildman–Crippen LogP) is 3.14. The summed E-state index contributed by atoms with van der Waals surface area (Å²) in [5.41, 5.74) is 0. The van der Waals surface area contributed by atoms with E-state index in [4.69, 9.17) is 4.74 Å². The molecule has 0 aliphatic heterocycles. The van der Waals surface area contributed by atoms with E-state index >= 15 is 0 Å². The zero-order valence-corrected chi connectivity index (χ0v) is 8.46. The summed E-state index contributed by atoms with van der Waals surface area (Å²) >= 11 is 0. The first-order valence-electron chi connectivity index (χ1n) is 3.46. The molecule has 0 rings (SSSR count). The molecule has 1 radical (unpaired) electrons. The van der Waals surface area contributed by atoms with Gasteiger partial charge in [-0.15, -0.1) is 0 Å². The van der Waals surface area contributed by atoms with Crippen molar-refractivity contribution in [3.05, 3.63) is 6.92 Å². The fourth-order valence-electron chi connectivity index (χ4n) is 0.315. The maximum Gasteiger partial charge on any atom is 0.378 e. The molecule has 0 saturated carbocycles. The largest absolute Gasteiger partial charge is 0.457 e. The van der Waals surface area contributed by atoms with Crippen molar-refractivity contribution in [3.63, 3.8) is 0 Å². The standard InChI is InChI=1S/C7H13O2S2/c1-4-5-9-7(8)11-10-6(2)3/h6H,1,4-5H2,2-3H3. The third-order valence-corrected chi connectivity index (χ3v) is 3.26. The molecule has 0 aromatic carbocycles. The van der Waals surface area contributed by atoms with E-state index in [0.717, 1.165) is 10.8 Å². The van der Waals surface area contributed by atoms with Gasteiger partial charge in [0.05, 0.1) is 6.61 Å². The molecule has 0 atom stereocenters. The molecule has 0 aromatic rings. The summed E-state index contributed by atoms with van der Waals surface area (Å²) in [5.74, 6) is 0. The molecule has 65 valence electrons. The molecule has 0 spiro atoms. The van der Waals surface area contributed by atoms with Crippen LogP contribution in [0.15, 0.2) is 0 Å². The highest BCUT2D eigenvalue weighted by Crippen LogP contribution is 2.27. The maximum absolute atomic E-state index is 10.8. The highest BCUT2D eigenvalue weighted by molar-refractivity contribution is 8.82. The molecule has 11 heavy (non-hydrogen) atoms. The van der Waals surface area contributed by atoms with Crippen molar-refractivity contribution in [1.82, 2.24) is 0 Å². The molecular formula is C7H13O2S2. The molecule has 0 unspecified atom stereocenters. The summed E-state index contributed by atoms with van der Waals surface area (Å²) in [6.45, 7) is 8.05. The lowest BCUT2D eigenvalue weighted by Crippen LogP contribution is -1.97. The molecule has 0 saturated heterocycles. The zero-order valence-electron chi connectivity index (χ0n) is 6.83. The number of hydrogen-bond acceptors (Lipinski definition) is 4. The molecule has 0 heterocycles. The normalized spacial score (nSPS) is 10.2. The van der Waals surface area contributed by atoms with Crippen LogP contribution in [-0.2, 0) is 4.74 Å². The van der Waals surface area contributed by atoms with Crippen LogP contribution in [0.1, 0.15) is 20.3 Å². The fraction of sp³-hybridized carbons (Fsp3) is 0.714. The molecule has 0 amide bonds. The SMILES string of the molecule is [CH2]CCOC(=O)SSC(C)C. The van der Waals surface area contributed by atoms with Crippen LogP contribution in [0.5, 0.6) is 0 Å². The second-order valence-electron chi connectivity index (χ2n) is 2.18. The maximum atomic E-state index is 10.8. The summed E-state index contributed by atoms with van der Waals surface area (Å²) in [4.78, 5) is 10.8. The van der Waals surface area contributed by atoms with Gasteiger partial charge < -0.3 is 4.74 Å². The lowest BCUT2D eigenvalue weighted by Gasteiger charge is -2.02. The van der Waals surface area contributed by atoms with Gasteiger partial charge in [-0.1, -0.05) is 24.6 Å². The smallest absolute Gasteiger partial charge is 0.378 e. The van der Waals surface area contributed by atoms with Crippen molar-refractivity contribution < 1.29 is 9.53 Å². The molecule has 0 aliphatic carbocycles. The van der Waals surface area contributed by atoms with Crippen molar-refractivity contribution in [2.24, 2.45) is 0 Å². The number of carbonyl (C=O) groups is 1. The van der Waals surface area contributed by atoms with Crippen molar-refractivity contribution in [2.75, 3.05) is 6.61 Å². The van der Waals surface area contributed by atoms with Crippen LogP contribution >= 0.6 is 21.6 Å². The second kappa shape index (κ2) is 6.85. The lowest BCUT2D eigenvalue weighted by molar-refractivity contribution is 0.177. The van der Waals surface area contributed by atoms with Crippen LogP contribution < -0.4 is 0 Å². The number of rotatable bonds is 4. The average Bonchev–Trinajstić information content (AvgIpc) is 1.97. The van der Waals surface area contributed by atoms with Crippen LogP contribution in [0, 0.1) is 6.92 Å².